The van der Waals surface area contributed by atoms with Gasteiger partial charge in [-0.1, -0.05) is 41.4 Å². The first-order valence-electron chi connectivity index (χ1n) is 6.57. The lowest BCUT2D eigenvalue weighted by Gasteiger charge is -2.03. The summed E-state index contributed by atoms with van der Waals surface area (Å²) in [5.74, 6) is 2.10. The van der Waals surface area contributed by atoms with Crippen molar-refractivity contribution >= 4 is 11.6 Å². The van der Waals surface area contributed by atoms with Gasteiger partial charge in [-0.2, -0.15) is 5.10 Å². The molecule has 0 fully saturated rings. The fourth-order valence-electron chi connectivity index (χ4n) is 1.87. The topological polar surface area (TPSA) is 50.8 Å². The van der Waals surface area contributed by atoms with Gasteiger partial charge in [0.05, 0.1) is 0 Å². The van der Waals surface area contributed by atoms with Crippen LogP contribution >= 0.6 is 11.6 Å². The first-order valence-corrected chi connectivity index (χ1v) is 6.95. The summed E-state index contributed by atoms with van der Waals surface area (Å²) in [6.07, 6.45) is 0. The second-order valence-corrected chi connectivity index (χ2v) is 5.15. The Morgan fingerprint density at radius 3 is 2.48 bits per heavy atom. The van der Waals surface area contributed by atoms with Crippen molar-refractivity contribution in [1.29, 1.82) is 0 Å². The minimum Gasteiger partial charge on any atom is -0.486 e. The number of H-pyrrole nitrogens is 1. The number of nitrogens with zero attached hydrogens (tertiary/aromatic N) is 2. The zero-order chi connectivity index (χ0) is 14.7. The standard InChI is InChI=1S/C16H14ClN3O/c1-11-2-4-12(5-3-11)16-18-15(19-20-16)10-21-14-8-6-13(17)7-9-14/h2-9H,10H2,1H3,(H,18,19,20). The van der Waals surface area contributed by atoms with Gasteiger partial charge in [-0.15, -0.1) is 0 Å². The zero-order valence-electron chi connectivity index (χ0n) is 11.5. The second-order valence-electron chi connectivity index (χ2n) is 4.71. The molecule has 3 aromatic rings. The van der Waals surface area contributed by atoms with E-state index < -0.39 is 0 Å². The molecule has 0 radical (unpaired) electrons. The van der Waals surface area contributed by atoms with Crippen LogP contribution in [0.3, 0.4) is 0 Å². The van der Waals surface area contributed by atoms with Crippen molar-refractivity contribution in [3.63, 3.8) is 0 Å². The maximum absolute atomic E-state index is 5.83. The van der Waals surface area contributed by atoms with Gasteiger partial charge < -0.3 is 4.74 Å². The summed E-state index contributed by atoms with van der Waals surface area (Å²) >= 11 is 5.83. The number of rotatable bonds is 4. The molecule has 2 aromatic carbocycles. The van der Waals surface area contributed by atoms with Gasteiger partial charge >= 0.3 is 0 Å². The highest BCUT2D eigenvalue weighted by Crippen LogP contribution is 2.18. The molecule has 0 saturated carbocycles. The van der Waals surface area contributed by atoms with Crippen LogP contribution in [-0.2, 0) is 6.61 Å². The highest BCUT2D eigenvalue weighted by molar-refractivity contribution is 6.30. The first kappa shape index (κ1) is 13.6. The largest absolute Gasteiger partial charge is 0.486 e. The Kier molecular flexibility index (Phi) is 3.88. The Balaban J connectivity index is 1.67. The fraction of sp³-hybridized carbons (Fsp3) is 0.125. The molecule has 5 heteroatoms. The van der Waals surface area contributed by atoms with E-state index in [2.05, 4.69) is 15.2 Å². The van der Waals surface area contributed by atoms with Crippen LogP contribution in [0.15, 0.2) is 48.5 Å². The molecule has 0 atom stereocenters. The number of nitrogens with one attached hydrogen (secondary N) is 1. The summed E-state index contributed by atoms with van der Waals surface area (Å²) in [5, 5.41) is 7.78. The molecule has 0 bridgehead atoms. The molecule has 0 unspecified atom stereocenters. The van der Waals surface area contributed by atoms with Crippen molar-refractivity contribution in [3.8, 4) is 17.1 Å². The van der Waals surface area contributed by atoms with Crippen LogP contribution in [-0.4, -0.2) is 15.2 Å². The Hall–Kier alpha value is -2.33. The summed E-state index contributed by atoms with van der Waals surface area (Å²) in [6, 6.07) is 15.3. The zero-order valence-corrected chi connectivity index (χ0v) is 12.3. The van der Waals surface area contributed by atoms with Gasteiger partial charge in [-0.25, -0.2) is 4.98 Å². The van der Waals surface area contributed by atoms with Crippen LogP contribution in [0.25, 0.3) is 11.4 Å². The molecule has 1 N–H and O–H groups in total. The molecule has 1 heterocycles. The molecule has 0 aliphatic heterocycles. The molecule has 0 spiro atoms. The minimum atomic E-state index is 0.334. The summed E-state index contributed by atoms with van der Waals surface area (Å²) in [7, 11) is 0. The van der Waals surface area contributed by atoms with E-state index in [4.69, 9.17) is 16.3 Å². The van der Waals surface area contributed by atoms with Crippen molar-refractivity contribution in [1.82, 2.24) is 15.2 Å². The molecule has 0 saturated heterocycles. The van der Waals surface area contributed by atoms with Crippen molar-refractivity contribution in [3.05, 3.63) is 64.9 Å². The van der Waals surface area contributed by atoms with Crippen LogP contribution in [0.1, 0.15) is 11.4 Å². The molecule has 3 rings (SSSR count). The first-order chi connectivity index (χ1) is 10.2. The number of hydrogen-bond donors (Lipinski definition) is 1. The van der Waals surface area contributed by atoms with Crippen molar-refractivity contribution in [2.24, 2.45) is 0 Å². The number of hydrogen-bond acceptors (Lipinski definition) is 3. The quantitative estimate of drug-likeness (QED) is 0.792. The van der Waals surface area contributed by atoms with E-state index in [0.29, 0.717) is 23.3 Å². The smallest absolute Gasteiger partial charge is 0.181 e. The average molecular weight is 300 g/mol. The summed E-state index contributed by atoms with van der Waals surface area (Å²) < 4.78 is 5.62. The minimum absolute atomic E-state index is 0.334. The van der Waals surface area contributed by atoms with E-state index in [-0.39, 0.29) is 0 Å². The summed E-state index contributed by atoms with van der Waals surface area (Å²) in [5.41, 5.74) is 2.19. The Morgan fingerprint density at radius 1 is 1.05 bits per heavy atom. The van der Waals surface area contributed by atoms with E-state index in [0.717, 1.165) is 11.3 Å². The van der Waals surface area contributed by atoms with Crippen LogP contribution in [0.5, 0.6) is 5.75 Å². The van der Waals surface area contributed by atoms with Crippen LogP contribution in [0, 0.1) is 6.92 Å². The highest BCUT2D eigenvalue weighted by atomic mass is 35.5. The van der Waals surface area contributed by atoms with Crippen LogP contribution < -0.4 is 4.74 Å². The summed E-state index contributed by atoms with van der Waals surface area (Å²) in [6.45, 7) is 2.38. The molecular weight excluding hydrogens is 286 g/mol. The second kappa shape index (κ2) is 5.97. The Morgan fingerprint density at radius 2 is 1.76 bits per heavy atom. The number of ether oxygens (including phenoxy) is 1. The van der Waals surface area contributed by atoms with Gasteiger partial charge in [0.2, 0.25) is 0 Å². The van der Waals surface area contributed by atoms with Gasteiger partial charge in [-0.05, 0) is 31.2 Å². The Labute approximate surface area is 127 Å². The predicted octanol–water partition coefficient (Wildman–Crippen LogP) is 4.01. The van der Waals surface area contributed by atoms with E-state index in [1.165, 1.54) is 5.56 Å². The van der Waals surface area contributed by atoms with Crippen molar-refractivity contribution < 1.29 is 4.74 Å². The number of aromatic amines is 1. The van der Waals surface area contributed by atoms with Crippen LogP contribution in [0.4, 0.5) is 0 Å². The van der Waals surface area contributed by atoms with Gasteiger partial charge in [0.1, 0.15) is 12.4 Å². The number of aromatic nitrogens is 3. The number of aryl methyl sites for hydroxylation is 1. The molecule has 106 valence electrons. The maximum atomic E-state index is 5.83. The summed E-state index contributed by atoms with van der Waals surface area (Å²) in [4.78, 5) is 4.43. The Bertz CT molecular complexity index is 720. The van der Waals surface area contributed by atoms with Crippen molar-refractivity contribution in [2.75, 3.05) is 0 Å². The van der Waals surface area contributed by atoms with E-state index >= 15 is 0 Å². The average Bonchev–Trinajstić information content (AvgIpc) is 2.96. The molecule has 0 amide bonds. The van der Waals surface area contributed by atoms with Gasteiger partial charge in [0.25, 0.3) is 0 Å². The molecule has 21 heavy (non-hydrogen) atoms. The maximum Gasteiger partial charge on any atom is 0.181 e. The normalized spacial score (nSPS) is 10.6. The van der Waals surface area contributed by atoms with Crippen molar-refractivity contribution in [2.45, 2.75) is 13.5 Å². The predicted molar refractivity (Wildman–Crippen MR) is 82.3 cm³/mol. The third-order valence-electron chi connectivity index (χ3n) is 3.03. The van der Waals surface area contributed by atoms with Gasteiger partial charge in [-0.3, -0.25) is 5.10 Å². The third-order valence-corrected chi connectivity index (χ3v) is 3.28. The monoisotopic (exact) mass is 299 g/mol. The lowest BCUT2D eigenvalue weighted by Crippen LogP contribution is -1.97. The molecule has 0 aliphatic rings. The molecule has 4 nitrogen and oxygen atoms in total. The lowest BCUT2D eigenvalue weighted by molar-refractivity contribution is 0.296. The SMILES string of the molecule is Cc1ccc(-c2n[nH]c(COc3ccc(Cl)cc3)n2)cc1. The molecule has 0 aliphatic carbocycles. The van der Waals surface area contributed by atoms with Gasteiger partial charge in [0.15, 0.2) is 11.6 Å². The van der Waals surface area contributed by atoms with E-state index in [1.807, 2.05) is 43.3 Å². The van der Waals surface area contributed by atoms with Crippen LogP contribution in [0.2, 0.25) is 5.02 Å². The third kappa shape index (κ3) is 3.41. The number of benzene rings is 2. The fourth-order valence-corrected chi connectivity index (χ4v) is 2.00. The lowest BCUT2D eigenvalue weighted by atomic mass is 10.1. The van der Waals surface area contributed by atoms with E-state index in [9.17, 15) is 0 Å². The molecule has 1 aromatic heterocycles. The van der Waals surface area contributed by atoms with Gasteiger partial charge in [0, 0.05) is 10.6 Å². The number of halogens is 1. The van der Waals surface area contributed by atoms with E-state index in [1.54, 1.807) is 12.1 Å². The highest BCUT2D eigenvalue weighted by Gasteiger charge is 2.06. The molecular formula is C16H14ClN3O.